The zero-order chi connectivity index (χ0) is 31.8. The molecule has 0 saturated carbocycles. The van der Waals surface area contributed by atoms with Gasteiger partial charge in [-0.3, -0.25) is 0 Å². The Bertz CT molecular complexity index is 1080. The molecule has 2 rings (SSSR count). The summed E-state index contributed by atoms with van der Waals surface area (Å²) < 4.78 is 19.6. The molecule has 2 atom stereocenters. The first-order valence-corrected chi connectivity index (χ1v) is 20.1. The van der Waals surface area contributed by atoms with Crippen LogP contribution in [0.4, 0.5) is 4.79 Å². The highest BCUT2D eigenvalue weighted by Crippen LogP contribution is 2.38. The van der Waals surface area contributed by atoms with Crippen molar-refractivity contribution in [3.63, 3.8) is 0 Å². The van der Waals surface area contributed by atoms with E-state index in [-0.39, 0.29) is 22.0 Å². The van der Waals surface area contributed by atoms with Gasteiger partial charge in [-0.25, -0.2) is 4.79 Å². The fourth-order valence-corrected chi connectivity index (χ4v) is 10.7. The zero-order valence-electron chi connectivity index (χ0n) is 28.2. The third kappa shape index (κ3) is 9.93. The first kappa shape index (κ1) is 36.0. The topological polar surface area (TPSA) is 56.8 Å². The van der Waals surface area contributed by atoms with Crippen molar-refractivity contribution in [1.29, 1.82) is 0 Å². The van der Waals surface area contributed by atoms with E-state index in [2.05, 4.69) is 115 Å². The van der Waals surface area contributed by atoms with Gasteiger partial charge in [-0.15, -0.1) is 6.58 Å². The van der Waals surface area contributed by atoms with Crippen LogP contribution in [0.25, 0.3) is 0 Å². The summed E-state index contributed by atoms with van der Waals surface area (Å²) in [5.74, 6) is 0.180. The quantitative estimate of drug-likeness (QED) is 0.184. The van der Waals surface area contributed by atoms with Crippen LogP contribution in [0, 0.1) is 5.92 Å². The average Bonchev–Trinajstić information content (AvgIpc) is 2.86. The first-order valence-electron chi connectivity index (χ1n) is 15.3. The van der Waals surface area contributed by atoms with Crippen LogP contribution in [0.3, 0.4) is 0 Å². The Morgan fingerprint density at radius 1 is 0.810 bits per heavy atom. The third-order valence-corrected chi connectivity index (χ3v) is 17.7. The van der Waals surface area contributed by atoms with Crippen molar-refractivity contribution in [2.75, 3.05) is 13.2 Å². The number of benzene rings is 2. The van der Waals surface area contributed by atoms with Gasteiger partial charge >= 0.3 is 6.09 Å². The third-order valence-electron chi connectivity index (χ3n) is 8.24. The molecule has 1 amide bonds. The molecule has 0 saturated heterocycles. The van der Waals surface area contributed by atoms with Crippen LogP contribution in [0.5, 0.6) is 0 Å². The molecule has 0 spiro atoms. The number of rotatable bonds is 13. The standard InChI is InChI=1S/C35H57NO4Si2/c1-13-20-28(26-38-41(11,12)34(5,6)7)25-29(36-32(37)40-33(2,3)4)27-39-42(35(8,9)10,30-21-16-14-17-22-30)31-23-18-15-19-24-31/h13-19,21-24,28-29H,1,20,25-27H2,2-12H3,(H,36,37)/t28-,29+/m1/s1. The van der Waals surface area contributed by atoms with E-state index in [1.807, 2.05) is 39.0 Å². The van der Waals surface area contributed by atoms with Crippen molar-refractivity contribution in [1.82, 2.24) is 5.32 Å². The fraction of sp³-hybridized carbons (Fsp3) is 0.571. The van der Waals surface area contributed by atoms with E-state index in [0.29, 0.717) is 19.6 Å². The van der Waals surface area contributed by atoms with E-state index in [9.17, 15) is 4.79 Å². The lowest BCUT2D eigenvalue weighted by Crippen LogP contribution is -2.67. The van der Waals surface area contributed by atoms with Gasteiger partial charge in [0.15, 0.2) is 8.32 Å². The summed E-state index contributed by atoms with van der Waals surface area (Å²) >= 11 is 0. The minimum Gasteiger partial charge on any atom is -0.444 e. The fourth-order valence-electron chi connectivity index (χ4n) is 5.04. The molecule has 0 heterocycles. The number of hydrogen-bond acceptors (Lipinski definition) is 4. The summed E-state index contributed by atoms with van der Waals surface area (Å²) in [6, 6.07) is 20.9. The molecule has 1 N–H and O–H groups in total. The predicted octanol–water partition coefficient (Wildman–Crippen LogP) is 8.06. The summed E-state index contributed by atoms with van der Waals surface area (Å²) in [6.07, 6.45) is 3.01. The number of ether oxygens (including phenoxy) is 1. The lowest BCUT2D eigenvalue weighted by Gasteiger charge is -2.44. The molecule has 0 aliphatic carbocycles. The van der Waals surface area contributed by atoms with Crippen molar-refractivity contribution in [3.8, 4) is 0 Å². The molecule has 2 aromatic carbocycles. The number of nitrogens with one attached hydrogen (secondary N) is 1. The number of allylic oxidation sites excluding steroid dienone is 1. The van der Waals surface area contributed by atoms with Crippen LogP contribution in [0.2, 0.25) is 23.2 Å². The number of alkyl carbamates (subject to hydrolysis) is 1. The first-order chi connectivity index (χ1) is 19.3. The normalized spacial score (nSPS) is 14.6. The highest BCUT2D eigenvalue weighted by molar-refractivity contribution is 6.99. The summed E-state index contributed by atoms with van der Waals surface area (Å²) in [5, 5.41) is 5.55. The average molecular weight is 612 g/mol. The molecule has 7 heteroatoms. The van der Waals surface area contributed by atoms with Crippen molar-refractivity contribution in [2.45, 2.75) is 110 Å². The minimum absolute atomic E-state index is 0.117. The van der Waals surface area contributed by atoms with E-state index in [0.717, 1.165) is 6.42 Å². The molecular weight excluding hydrogens is 555 g/mol. The van der Waals surface area contributed by atoms with Crippen molar-refractivity contribution < 1.29 is 18.4 Å². The number of hydrogen-bond donors (Lipinski definition) is 1. The Labute approximate surface area is 258 Å². The summed E-state index contributed by atoms with van der Waals surface area (Å²) in [4.78, 5) is 13.1. The predicted molar refractivity (Wildman–Crippen MR) is 183 cm³/mol. The van der Waals surface area contributed by atoms with Crippen LogP contribution < -0.4 is 15.7 Å². The molecule has 0 fully saturated rings. The summed E-state index contributed by atoms with van der Waals surface area (Å²) in [6.45, 7) is 28.8. The van der Waals surface area contributed by atoms with Gasteiger partial charge in [0.05, 0.1) is 12.6 Å². The molecule has 2 aromatic rings. The molecule has 0 aliphatic heterocycles. The van der Waals surface area contributed by atoms with Gasteiger partial charge in [-0.05, 0) is 73.1 Å². The number of carbonyl (C=O) groups is 1. The van der Waals surface area contributed by atoms with Crippen molar-refractivity contribution >= 4 is 33.1 Å². The molecule has 234 valence electrons. The second-order valence-corrected chi connectivity index (χ2v) is 24.1. The highest BCUT2D eigenvalue weighted by atomic mass is 28.4. The van der Waals surface area contributed by atoms with Crippen LogP contribution in [-0.4, -0.2) is 47.6 Å². The molecule has 0 aliphatic rings. The molecule has 5 nitrogen and oxygen atoms in total. The lowest BCUT2D eigenvalue weighted by molar-refractivity contribution is 0.0470. The molecule has 0 unspecified atom stereocenters. The summed E-state index contributed by atoms with van der Waals surface area (Å²) in [5.41, 5.74) is -0.598. The zero-order valence-corrected chi connectivity index (χ0v) is 30.2. The molecule has 0 bridgehead atoms. The van der Waals surface area contributed by atoms with Crippen molar-refractivity contribution in [2.24, 2.45) is 5.92 Å². The van der Waals surface area contributed by atoms with E-state index in [1.54, 1.807) is 0 Å². The second kappa shape index (κ2) is 14.5. The van der Waals surface area contributed by atoms with Gasteiger partial charge in [0, 0.05) is 6.61 Å². The van der Waals surface area contributed by atoms with E-state index in [4.69, 9.17) is 13.6 Å². The van der Waals surface area contributed by atoms with Gasteiger partial charge in [0.2, 0.25) is 0 Å². The number of carbonyl (C=O) groups excluding carboxylic acids is 1. The van der Waals surface area contributed by atoms with Gasteiger partial charge < -0.3 is 18.9 Å². The molecule has 42 heavy (non-hydrogen) atoms. The Morgan fingerprint density at radius 2 is 1.31 bits per heavy atom. The second-order valence-electron chi connectivity index (χ2n) is 15.0. The maximum absolute atomic E-state index is 13.1. The van der Waals surface area contributed by atoms with Gasteiger partial charge in [0.25, 0.3) is 8.32 Å². The smallest absolute Gasteiger partial charge is 0.407 e. The van der Waals surface area contributed by atoms with Gasteiger partial charge in [0.1, 0.15) is 5.60 Å². The Hall–Kier alpha value is -2.20. The van der Waals surface area contributed by atoms with Crippen LogP contribution in [-0.2, 0) is 13.6 Å². The molecular formula is C35H57NO4Si2. The van der Waals surface area contributed by atoms with E-state index in [1.165, 1.54) is 10.4 Å². The number of amides is 1. The summed E-state index contributed by atoms with van der Waals surface area (Å²) in [7, 11) is -4.73. The molecule has 0 radical (unpaired) electrons. The maximum atomic E-state index is 13.1. The van der Waals surface area contributed by atoms with Gasteiger partial charge in [-0.1, -0.05) is 108 Å². The molecule has 0 aromatic heterocycles. The Morgan fingerprint density at radius 3 is 1.71 bits per heavy atom. The monoisotopic (exact) mass is 611 g/mol. The Balaban J connectivity index is 2.48. The lowest BCUT2D eigenvalue weighted by atomic mass is 9.98. The van der Waals surface area contributed by atoms with E-state index >= 15 is 0 Å². The highest BCUT2D eigenvalue weighted by Gasteiger charge is 2.50. The van der Waals surface area contributed by atoms with Crippen LogP contribution in [0.1, 0.15) is 75.2 Å². The van der Waals surface area contributed by atoms with Crippen LogP contribution in [0.15, 0.2) is 73.3 Å². The Kier molecular flexibility index (Phi) is 12.4. The van der Waals surface area contributed by atoms with Gasteiger partial charge in [-0.2, -0.15) is 0 Å². The van der Waals surface area contributed by atoms with Crippen LogP contribution >= 0.6 is 0 Å². The van der Waals surface area contributed by atoms with Crippen molar-refractivity contribution in [3.05, 3.63) is 73.3 Å². The largest absolute Gasteiger partial charge is 0.444 e. The maximum Gasteiger partial charge on any atom is 0.407 e. The minimum atomic E-state index is -2.79. The SMILES string of the molecule is C=CC[C@@H](CO[Si](C)(C)C(C)(C)C)C[C@@H](CO[Si](c1ccccc1)(c1ccccc1)C(C)(C)C)NC(=O)OC(C)(C)C. The van der Waals surface area contributed by atoms with E-state index < -0.39 is 28.3 Å².